The second kappa shape index (κ2) is 9.88. The lowest BCUT2D eigenvalue weighted by Gasteiger charge is -2.19. The van der Waals surface area contributed by atoms with Gasteiger partial charge in [-0.25, -0.2) is 0 Å². The molecule has 9 heteroatoms. The van der Waals surface area contributed by atoms with Crippen molar-refractivity contribution in [2.24, 2.45) is 0 Å². The summed E-state index contributed by atoms with van der Waals surface area (Å²) >= 11 is 0. The van der Waals surface area contributed by atoms with Gasteiger partial charge >= 0.3 is 9.28 Å². The van der Waals surface area contributed by atoms with Crippen molar-refractivity contribution >= 4 is 25.8 Å². The fraction of sp³-hybridized carbons (Fsp3) is 0.143. The van der Waals surface area contributed by atoms with Gasteiger partial charge in [-0.15, -0.1) is 0 Å². The van der Waals surface area contributed by atoms with Gasteiger partial charge in [-0.2, -0.15) is 0 Å². The molecule has 0 fully saturated rings. The van der Waals surface area contributed by atoms with E-state index in [2.05, 4.69) is 0 Å². The molecule has 0 aliphatic heterocycles. The van der Waals surface area contributed by atoms with Crippen LogP contribution >= 0.6 is 0 Å². The molecule has 3 aromatic rings. The smallest absolute Gasteiger partial charge is 0.356 e. The van der Waals surface area contributed by atoms with Crippen LogP contribution in [-0.2, 0) is 22.1 Å². The molecular weight excluding hydrogens is 404 g/mol. The Labute approximate surface area is 174 Å². The van der Waals surface area contributed by atoms with Crippen LogP contribution in [0.5, 0.6) is 0 Å². The Hall–Kier alpha value is -3.40. The second-order valence-corrected chi connectivity index (χ2v) is 8.53. The highest BCUT2D eigenvalue weighted by Crippen LogP contribution is 2.21. The van der Waals surface area contributed by atoms with Crippen LogP contribution in [0, 0.1) is 27.2 Å². The fourth-order valence-electron chi connectivity index (χ4n) is 3.03. The Morgan fingerprint density at radius 1 is 0.733 bits per heavy atom. The zero-order valence-electron chi connectivity index (χ0n) is 16.3. The van der Waals surface area contributed by atoms with E-state index in [1.807, 2.05) is 31.2 Å². The van der Waals surface area contributed by atoms with Gasteiger partial charge in [-0.05, 0) is 29.8 Å². The molecule has 0 aliphatic rings. The summed E-state index contributed by atoms with van der Waals surface area (Å²) in [6.45, 7) is 1.95. The van der Waals surface area contributed by atoms with Crippen molar-refractivity contribution in [1.82, 2.24) is 0 Å². The lowest BCUT2D eigenvalue weighted by atomic mass is 10.2. The van der Waals surface area contributed by atoms with E-state index in [0.29, 0.717) is 11.1 Å². The van der Waals surface area contributed by atoms with Crippen LogP contribution in [0.2, 0.25) is 0 Å². The Kier molecular flexibility index (Phi) is 7.02. The summed E-state index contributed by atoms with van der Waals surface area (Å²) in [6.07, 6.45) is 0. The third-order valence-corrected chi connectivity index (χ3v) is 6.69. The van der Waals surface area contributed by atoms with E-state index in [4.69, 9.17) is 8.85 Å². The lowest BCUT2D eigenvalue weighted by molar-refractivity contribution is -0.385. The average molecular weight is 424 g/mol. The molecule has 0 radical (unpaired) electrons. The number of rotatable bonds is 9. The molecule has 0 bridgehead atoms. The predicted molar refractivity (Wildman–Crippen MR) is 114 cm³/mol. The molecule has 3 aromatic carbocycles. The average Bonchev–Trinajstić information content (AvgIpc) is 2.75. The molecule has 0 N–H and O–H groups in total. The van der Waals surface area contributed by atoms with E-state index in [0.717, 1.165) is 10.8 Å². The van der Waals surface area contributed by atoms with Gasteiger partial charge in [0.15, 0.2) is 0 Å². The van der Waals surface area contributed by atoms with Crippen molar-refractivity contribution < 1.29 is 18.7 Å². The van der Waals surface area contributed by atoms with E-state index >= 15 is 0 Å². The van der Waals surface area contributed by atoms with E-state index in [9.17, 15) is 20.2 Å². The molecule has 154 valence electrons. The monoisotopic (exact) mass is 424 g/mol. The first-order chi connectivity index (χ1) is 14.5. The van der Waals surface area contributed by atoms with Crippen LogP contribution in [-0.4, -0.2) is 19.1 Å². The van der Waals surface area contributed by atoms with Crippen LogP contribution in [0.3, 0.4) is 0 Å². The molecule has 0 aromatic heterocycles. The second-order valence-electron chi connectivity index (χ2n) is 6.58. The Balaban J connectivity index is 1.83. The zero-order valence-corrected chi connectivity index (χ0v) is 17.4. The summed E-state index contributed by atoms with van der Waals surface area (Å²) < 4.78 is 12.1. The number of benzene rings is 3. The van der Waals surface area contributed by atoms with Crippen LogP contribution < -0.4 is 5.19 Å². The maximum absolute atomic E-state index is 11.3. The van der Waals surface area contributed by atoms with Gasteiger partial charge < -0.3 is 8.85 Å². The highest BCUT2D eigenvalue weighted by molar-refractivity contribution is 6.61. The number of nitro groups is 2. The van der Waals surface area contributed by atoms with Crippen LogP contribution in [0.4, 0.5) is 11.4 Å². The normalized spacial score (nSPS) is 10.9. The van der Waals surface area contributed by atoms with Crippen molar-refractivity contribution in [2.75, 3.05) is 0 Å². The standard InChI is InChI=1S/C21H20N2O6Si/c1-16-8-2-7-13-21(16)30(28-14-17-9-3-5-11-19(17)22(24)25)29-15-18-10-4-6-12-20(18)23(26)27/h2-13,30H,14-15H2,1H3. The molecule has 0 atom stereocenters. The number of nitro benzene ring substituents is 2. The van der Waals surface area contributed by atoms with E-state index in [-0.39, 0.29) is 24.6 Å². The van der Waals surface area contributed by atoms with Crippen LogP contribution in [0.25, 0.3) is 0 Å². The largest absolute Gasteiger partial charge is 0.388 e. The summed E-state index contributed by atoms with van der Waals surface area (Å²) in [5.41, 5.74) is 1.83. The summed E-state index contributed by atoms with van der Waals surface area (Å²) in [5.74, 6) is 0. The predicted octanol–water partition coefficient (Wildman–Crippen LogP) is 3.67. The molecule has 0 unspecified atom stereocenters. The molecule has 3 rings (SSSR count). The SMILES string of the molecule is Cc1ccccc1[SiH](OCc1ccccc1[N+](=O)[O-])OCc1ccccc1[N+](=O)[O-]. The van der Waals surface area contributed by atoms with Crippen molar-refractivity contribution in [3.05, 3.63) is 110 Å². The quantitative estimate of drug-likeness (QED) is 0.295. The molecule has 0 heterocycles. The van der Waals surface area contributed by atoms with Gasteiger partial charge in [0, 0.05) is 12.1 Å². The van der Waals surface area contributed by atoms with E-state index in [1.54, 1.807) is 36.4 Å². The van der Waals surface area contributed by atoms with Gasteiger partial charge in [0.1, 0.15) is 0 Å². The maximum atomic E-state index is 11.3. The Bertz CT molecular complexity index is 997. The summed E-state index contributed by atoms with van der Waals surface area (Å²) in [7, 11) is -2.52. The van der Waals surface area contributed by atoms with Crippen molar-refractivity contribution in [1.29, 1.82) is 0 Å². The molecule has 30 heavy (non-hydrogen) atoms. The Morgan fingerprint density at radius 3 is 1.63 bits per heavy atom. The highest BCUT2D eigenvalue weighted by Gasteiger charge is 2.23. The number of nitrogens with zero attached hydrogens (tertiary/aromatic N) is 2. The first-order valence-electron chi connectivity index (χ1n) is 9.20. The molecule has 0 spiro atoms. The van der Waals surface area contributed by atoms with Crippen LogP contribution in [0.15, 0.2) is 72.8 Å². The minimum atomic E-state index is -2.52. The molecule has 0 amide bonds. The number of para-hydroxylation sites is 2. The van der Waals surface area contributed by atoms with Gasteiger partial charge in [-0.1, -0.05) is 48.5 Å². The fourth-order valence-corrected chi connectivity index (χ4v) is 4.89. The first-order valence-corrected chi connectivity index (χ1v) is 10.7. The minimum absolute atomic E-state index is 0.0132. The molecule has 0 saturated carbocycles. The van der Waals surface area contributed by atoms with Gasteiger partial charge in [0.25, 0.3) is 11.4 Å². The molecule has 8 nitrogen and oxygen atoms in total. The van der Waals surface area contributed by atoms with E-state index < -0.39 is 19.1 Å². The van der Waals surface area contributed by atoms with Gasteiger partial charge in [-0.3, -0.25) is 20.2 Å². The number of aryl methyl sites for hydroxylation is 1. The van der Waals surface area contributed by atoms with Gasteiger partial charge in [0.05, 0.1) is 34.2 Å². The van der Waals surface area contributed by atoms with Crippen molar-refractivity contribution in [2.45, 2.75) is 20.1 Å². The van der Waals surface area contributed by atoms with Crippen molar-refractivity contribution in [3.8, 4) is 0 Å². The molecule has 0 saturated heterocycles. The molecule has 0 aliphatic carbocycles. The third kappa shape index (κ3) is 5.14. The minimum Gasteiger partial charge on any atom is -0.388 e. The van der Waals surface area contributed by atoms with Gasteiger partial charge in [0.2, 0.25) is 0 Å². The number of hydrogen-bond acceptors (Lipinski definition) is 6. The third-order valence-electron chi connectivity index (χ3n) is 4.60. The van der Waals surface area contributed by atoms with E-state index in [1.165, 1.54) is 12.1 Å². The highest BCUT2D eigenvalue weighted by atomic mass is 28.3. The summed E-state index contributed by atoms with van der Waals surface area (Å²) in [4.78, 5) is 21.6. The topological polar surface area (TPSA) is 105 Å². The first kappa shape index (κ1) is 21.3. The molecular formula is C21H20N2O6Si. The maximum Gasteiger partial charge on any atom is 0.356 e. The Morgan fingerprint density at radius 2 is 1.17 bits per heavy atom. The summed E-state index contributed by atoms with van der Waals surface area (Å²) in [6, 6.07) is 20.4. The zero-order chi connectivity index (χ0) is 21.5. The number of hydrogen-bond donors (Lipinski definition) is 0. The van der Waals surface area contributed by atoms with Crippen LogP contribution in [0.1, 0.15) is 16.7 Å². The lowest BCUT2D eigenvalue weighted by Crippen LogP contribution is -2.38. The summed E-state index contributed by atoms with van der Waals surface area (Å²) in [5, 5.41) is 23.4. The van der Waals surface area contributed by atoms with Crippen molar-refractivity contribution in [3.63, 3.8) is 0 Å².